The predicted molar refractivity (Wildman–Crippen MR) is 84.4 cm³/mol. The molecule has 4 rings (SSSR count). The maximum atomic E-state index is 13.3. The molecule has 2 heterocycles. The van der Waals surface area contributed by atoms with Crippen molar-refractivity contribution in [3.05, 3.63) is 57.5 Å². The Morgan fingerprint density at radius 3 is 3.00 bits per heavy atom. The minimum Gasteiger partial charge on any atom is -0.319 e. The number of nitrogens with one attached hydrogen (secondary N) is 1. The van der Waals surface area contributed by atoms with Gasteiger partial charge in [0.2, 0.25) is 0 Å². The molecule has 4 nitrogen and oxygen atoms in total. The largest absolute Gasteiger partial charge is 0.325 e. The smallest absolute Gasteiger partial charge is 0.319 e. The van der Waals surface area contributed by atoms with Gasteiger partial charge in [-0.05, 0) is 48.4 Å². The Kier molecular flexibility index (Phi) is 3.23. The van der Waals surface area contributed by atoms with Crippen LogP contribution >= 0.6 is 11.3 Å². The summed E-state index contributed by atoms with van der Waals surface area (Å²) in [6.07, 6.45) is 2.43. The van der Waals surface area contributed by atoms with Crippen LogP contribution in [-0.2, 0) is 23.3 Å². The Morgan fingerprint density at radius 1 is 1.30 bits per heavy atom. The lowest BCUT2D eigenvalue weighted by Gasteiger charge is -2.31. The molecule has 1 aliphatic carbocycles. The number of imide groups is 1. The third-order valence-corrected chi connectivity index (χ3v) is 5.55. The average molecular weight is 330 g/mol. The number of hydrogen-bond donors (Lipinski definition) is 1. The van der Waals surface area contributed by atoms with E-state index in [0.29, 0.717) is 12.0 Å². The fourth-order valence-corrected chi connectivity index (χ4v) is 4.50. The van der Waals surface area contributed by atoms with Crippen LogP contribution in [0, 0.1) is 5.82 Å². The van der Waals surface area contributed by atoms with E-state index in [2.05, 4.69) is 5.32 Å². The first-order valence-corrected chi connectivity index (χ1v) is 8.43. The Morgan fingerprint density at radius 2 is 2.17 bits per heavy atom. The summed E-state index contributed by atoms with van der Waals surface area (Å²) in [4.78, 5) is 27.7. The number of carbonyl (C=O) groups excluding carboxylic acids is 2. The quantitative estimate of drug-likeness (QED) is 0.860. The van der Waals surface area contributed by atoms with Gasteiger partial charge in [0.05, 0.1) is 6.54 Å². The Balaban J connectivity index is 1.68. The number of amides is 3. The molecule has 1 saturated heterocycles. The highest BCUT2D eigenvalue weighted by atomic mass is 32.1. The average Bonchev–Trinajstić information content (AvgIpc) is 3.09. The molecule has 0 saturated carbocycles. The van der Waals surface area contributed by atoms with Gasteiger partial charge in [0, 0.05) is 10.4 Å². The van der Waals surface area contributed by atoms with Crippen molar-refractivity contribution in [2.45, 2.75) is 31.3 Å². The van der Waals surface area contributed by atoms with E-state index >= 15 is 0 Å². The van der Waals surface area contributed by atoms with Gasteiger partial charge in [-0.3, -0.25) is 9.69 Å². The minimum absolute atomic E-state index is 0.0870. The normalized spacial score (nSPS) is 23.3. The first kappa shape index (κ1) is 14.4. The molecule has 2 aromatic rings. The fraction of sp³-hybridized carbons (Fsp3) is 0.294. The van der Waals surface area contributed by atoms with Crippen LogP contribution in [-0.4, -0.2) is 16.8 Å². The Bertz CT molecular complexity index is 803. The SMILES string of the molecule is O=C1N[C@@]2(CCCc3sccc32)C(=O)N1Cc1cccc(F)c1. The molecule has 1 aromatic heterocycles. The monoisotopic (exact) mass is 330 g/mol. The molecule has 0 unspecified atom stereocenters. The summed E-state index contributed by atoms with van der Waals surface area (Å²) in [6.45, 7) is 0.0870. The summed E-state index contributed by atoms with van der Waals surface area (Å²) >= 11 is 1.62. The summed E-state index contributed by atoms with van der Waals surface area (Å²) in [5, 5.41) is 4.86. The number of fused-ring (bicyclic) bond motifs is 2. The second kappa shape index (κ2) is 5.16. The Hall–Kier alpha value is -2.21. The van der Waals surface area contributed by atoms with E-state index in [9.17, 15) is 14.0 Å². The number of hydrogen-bond acceptors (Lipinski definition) is 3. The highest BCUT2D eigenvalue weighted by Gasteiger charge is 2.54. The summed E-state index contributed by atoms with van der Waals surface area (Å²) in [6, 6.07) is 7.52. The molecule has 6 heteroatoms. The topological polar surface area (TPSA) is 49.4 Å². The standard InChI is InChI=1S/C17H15FN2O2S/c18-12-4-1-3-11(9-12)10-20-15(21)17(19-16(20)22)7-2-5-14-13(17)6-8-23-14/h1,3-4,6,8-9H,2,5,7,10H2,(H,19,22)/t17-/m1/s1. The van der Waals surface area contributed by atoms with Gasteiger partial charge in [0.1, 0.15) is 11.4 Å². The zero-order chi connectivity index (χ0) is 16.0. The zero-order valence-corrected chi connectivity index (χ0v) is 13.2. The molecule has 1 fully saturated rings. The molecule has 2 aliphatic rings. The predicted octanol–water partition coefficient (Wildman–Crippen LogP) is 3.17. The van der Waals surface area contributed by atoms with Gasteiger partial charge < -0.3 is 5.32 Å². The molecule has 1 aromatic carbocycles. The maximum absolute atomic E-state index is 13.3. The van der Waals surface area contributed by atoms with Crippen molar-refractivity contribution in [1.82, 2.24) is 10.2 Å². The highest BCUT2D eigenvalue weighted by molar-refractivity contribution is 7.10. The van der Waals surface area contributed by atoms with Gasteiger partial charge in [-0.1, -0.05) is 12.1 Å². The van der Waals surface area contributed by atoms with E-state index < -0.39 is 11.6 Å². The molecule has 0 bridgehead atoms. The molecule has 1 N–H and O–H groups in total. The molecule has 3 amide bonds. The molecular formula is C17H15FN2O2S. The van der Waals surface area contributed by atoms with Crippen molar-refractivity contribution in [3.63, 3.8) is 0 Å². The second-order valence-electron chi connectivity index (χ2n) is 5.97. The highest BCUT2D eigenvalue weighted by Crippen LogP contribution is 2.42. The number of carbonyl (C=O) groups is 2. The third-order valence-electron chi connectivity index (χ3n) is 4.57. The number of rotatable bonds is 2. The summed E-state index contributed by atoms with van der Waals surface area (Å²) in [5.74, 6) is -0.604. The maximum Gasteiger partial charge on any atom is 0.325 e. The summed E-state index contributed by atoms with van der Waals surface area (Å²) in [7, 11) is 0. The van der Waals surface area contributed by atoms with E-state index in [0.717, 1.165) is 23.3 Å². The molecule has 23 heavy (non-hydrogen) atoms. The van der Waals surface area contributed by atoms with Gasteiger partial charge in [-0.2, -0.15) is 0 Å². The number of aryl methyl sites for hydroxylation is 1. The van der Waals surface area contributed by atoms with Crippen LogP contribution in [0.4, 0.5) is 9.18 Å². The molecule has 1 spiro atoms. The fourth-order valence-electron chi connectivity index (χ4n) is 3.50. The Labute approximate surface area is 136 Å². The van der Waals surface area contributed by atoms with Crippen LogP contribution in [0.1, 0.15) is 28.8 Å². The summed E-state index contributed by atoms with van der Waals surface area (Å²) in [5.41, 5.74) is 0.596. The van der Waals surface area contributed by atoms with Gasteiger partial charge in [0.25, 0.3) is 5.91 Å². The van der Waals surface area contributed by atoms with Gasteiger partial charge in [-0.25, -0.2) is 9.18 Å². The van der Waals surface area contributed by atoms with Gasteiger partial charge in [0.15, 0.2) is 0 Å². The van der Waals surface area contributed by atoms with Crippen molar-refractivity contribution in [1.29, 1.82) is 0 Å². The molecule has 1 aliphatic heterocycles. The molecular weight excluding hydrogens is 315 g/mol. The van der Waals surface area contributed by atoms with E-state index in [1.807, 2.05) is 11.4 Å². The van der Waals surface area contributed by atoms with Crippen LogP contribution in [0.3, 0.4) is 0 Å². The van der Waals surface area contributed by atoms with E-state index in [1.54, 1.807) is 23.5 Å². The van der Waals surface area contributed by atoms with Crippen molar-refractivity contribution < 1.29 is 14.0 Å². The van der Waals surface area contributed by atoms with Crippen molar-refractivity contribution >= 4 is 23.3 Å². The lowest BCUT2D eigenvalue weighted by molar-refractivity contribution is -0.132. The van der Waals surface area contributed by atoms with Crippen molar-refractivity contribution in [2.24, 2.45) is 0 Å². The molecule has 0 radical (unpaired) electrons. The lowest BCUT2D eigenvalue weighted by Crippen LogP contribution is -2.46. The van der Waals surface area contributed by atoms with Crippen molar-refractivity contribution in [2.75, 3.05) is 0 Å². The number of thiophene rings is 1. The van der Waals surface area contributed by atoms with Crippen LogP contribution in [0.25, 0.3) is 0 Å². The number of halogens is 1. The van der Waals surface area contributed by atoms with E-state index in [4.69, 9.17) is 0 Å². The van der Waals surface area contributed by atoms with Gasteiger partial charge in [-0.15, -0.1) is 11.3 Å². The van der Waals surface area contributed by atoms with Gasteiger partial charge >= 0.3 is 6.03 Å². The number of benzene rings is 1. The number of nitrogens with zero attached hydrogens (tertiary/aromatic N) is 1. The second-order valence-corrected chi connectivity index (χ2v) is 6.97. The first-order valence-electron chi connectivity index (χ1n) is 7.55. The number of urea groups is 1. The first-order chi connectivity index (χ1) is 11.1. The van der Waals surface area contributed by atoms with Crippen LogP contribution in [0.5, 0.6) is 0 Å². The van der Waals surface area contributed by atoms with Crippen LogP contribution in [0.15, 0.2) is 35.7 Å². The van der Waals surface area contributed by atoms with E-state index in [1.165, 1.54) is 17.0 Å². The molecule has 118 valence electrons. The van der Waals surface area contributed by atoms with E-state index in [-0.39, 0.29) is 18.3 Å². The minimum atomic E-state index is -0.933. The van der Waals surface area contributed by atoms with Crippen LogP contribution < -0.4 is 5.32 Å². The lowest BCUT2D eigenvalue weighted by atomic mass is 9.80. The summed E-state index contributed by atoms with van der Waals surface area (Å²) < 4.78 is 13.3. The third kappa shape index (κ3) is 2.16. The van der Waals surface area contributed by atoms with Crippen molar-refractivity contribution in [3.8, 4) is 0 Å². The van der Waals surface area contributed by atoms with Crippen LogP contribution in [0.2, 0.25) is 0 Å². The molecule has 1 atom stereocenters. The zero-order valence-electron chi connectivity index (χ0n) is 12.3.